The van der Waals surface area contributed by atoms with Crippen LogP contribution in [0.25, 0.3) is 0 Å². The monoisotopic (exact) mass is 328 g/mol. The van der Waals surface area contributed by atoms with Crippen molar-refractivity contribution in [3.05, 3.63) is 0 Å². The van der Waals surface area contributed by atoms with E-state index in [1.54, 1.807) is 0 Å². The van der Waals surface area contributed by atoms with Gasteiger partial charge in [0.25, 0.3) is 0 Å². The molecule has 0 aromatic rings. The molecule has 4 saturated carbocycles. The number of fused-ring (bicyclic) bond motifs is 2. The summed E-state index contributed by atoms with van der Waals surface area (Å²) < 4.78 is 13.1. The van der Waals surface area contributed by atoms with E-state index in [2.05, 4.69) is 32.7 Å². The summed E-state index contributed by atoms with van der Waals surface area (Å²) in [7, 11) is -4.67. The molecule has 0 aromatic heterocycles. The predicted molar refractivity (Wildman–Crippen MR) is 87.6 cm³/mol. The van der Waals surface area contributed by atoms with Crippen LogP contribution in [0.2, 0.25) is 43.8 Å². The third-order valence-electron chi connectivity index (χ3n) is 6.14. The zero-order valence-corrected chi connectivity index (χ0v) is 16.3. The van der Waals surface area contributed by atoms with Crippen molar-refractivity contribution in [3.8, 4) is 0 Å². The number of nitrogens with two attached hydrogens (primary N) is 2. The maximum absolute atomic E-state index is 6.63. The molecule has 0 spiro atoms. The van der Waals surface area contributed by atoms with Gasteiger partial charge in [0.2, 0.25) is 0 Å². The van der Waals surface area contributed by atoms with Gasteiger partial charge in [-0.05, 0) is 67.5 Å². The zero-order chi connectivity index (χ0) is 14.6. The molecule has 0 bridgehead atoms. The summed E-state index contributed by atoms with van der Waals surface area (Å²) in [6.07, 6.45) is 0. The van der Waals surface area contributed by atoms with Crippen LogP contribution in [-0.4, -0.2) is 38.0 Å². The molecule has 0 saturated heterocycles. The maximum atomic E-state index is 6.63. The molecule has 5 atom stereocenters. The number of hydrogen-bond donors (Lipinski definition) is 2. The average molecular weight is 329 g/mol. The summed E-state index contributed by atoms with van der Waals surface area (Å²) in [6.45, 7) is 11.6. The van der Waals surface area contributed by atoms with Crippen molar-refractivity contribution < 1.29 is 8.23 Å². The van der Waals surface area contributed by atoms with E-state index < -0.39 is 25.9 Å². The second kappa shape index (κ2) is 3.87. The molecule has 5 unspecified atom stereocenters. The van der Waals surface area contributed by atoms with Gasteiger partial charge in [-0.3, -0.25) is 0 Å². The molecule has 114 valence electrons. The third-order valence-corrected chi connectivity index (χ3v) is 18.3. The summed E-state index contributed by atoms with van der Waals surface area (Å²) in [5, 5.41) is 0. The molecular weight excluding hydrogens is 300 g/mol. The van der Waals surface area contributed by atoms with E-state index >= 15 is 0 Å². The van der Waals surface area contributed by atoms with Gasteiger partial charge >= 0.3 is 8.56 Å². The Morgan fingerprint density at radius 1 is 0.900 bits per heavy atom. The minimum absolute atomic E-state index is 0.495. The maximum Gasteiger partial charge on any atom is 0.311 e. The van der Waals surface area contributed by atoms with Crippen molar-refractivity contribution in [3.63, 3.8) is 0 Å². The molecule has 7 heteroatoms. The number of hydrogen-bond acceptors (Lipinski definition) is 4. The lowest BCUT2D eigenvalue weighted by molar-refractivity contribution is 0.387. The van der Waals surface area contributed by atoms with Crippen molar-refractivity contribution in [2.45, 2.75) is 55.9 Å². The molecule has 4 fully saturated rings. The first kappa shape index (κ1) is 14.1. The highest BCUT2D eigenvalue weighted by molar-refractivity contribution is 6.86. The second-order valence-electron chi connectivity index (χ2n) is 8.50. The highest BCUT2D eigenvalue weighted by Crippen LogP contribution is 2.75. The molecule has 20 heavy (non-hydrogen) atoms. The lowest BCUT2D eigenvalue weighted by Crippen LogP contribution is -2.51. The Bertz CT molecular complexity index is 441. The molecule has 4 N–H and O–H groups in total. The van der Waals surface area contributed by atoms with Crippen LogP contribution in [0.3, 0.4) is 0 Å². The van der Waals surface area contributed by atoms with Crippen molar-refractivity contribution in [2.24, 2.45) is 35.1 Å². The predicted octanol–water partition coefficient (Wildman–Crippen LogP) is 1.19. The molecular formula is C13H28N2O2Si3. The molecule has 0 aliphatic heterocycles. The molecule has 0 radical (unpaired) electrons. The van der Waals surface area contributed by atoms with Gasteiger partial charge in [0.05, 0.1) is 0 Å². The molecule has 4 aliphatic carbocycles. The Hall–Kier alpha value is 0.491. The summed E-state index contributed by atoms with van der Waals surface area (Å²) in [4.78, 5) is 0. The van der Waals surface area contributed by atoms with Crippen LogP contribution in [0.15, 0.2) is 0 Å². The van der Waals surface area contributed by atoms with Crippen LogP contribution in [0.1, 0.15) is 0 Å². The van der Waals surface area contributed by atoms with Crippen LogP contribution in [-0.2, 0) is 8.23 Å². The van der Waals surface area contributed by atoms with Crippen LogP contribution in [0.5, 0.6) is 0 Å². The topological polar surface area (TPSA) is 70.5 Å². The minimum Gasteiger partial charge on any atom is -0.439 e. The van der Waals surface area contributed by atoms with E-state index in [0.29, 0.717) is 12.1 Å². The highest BCUT2D eigenvalue weighted by Gasteiger charge is 2.77. The Morgan fingerprint density at radius 3 is 1.85 bits per heavy atom. The standard InChI is InChI=1S/C13H28N2O2Si3/c1-18(12-6-7(12)10(6)14)16-20(4,5)17-19(2,3)13-8-9(13)11(8)15/h6-13,18H,14-15H2,1-5H3. The van der Waals surface area contributed by atoms with Gasteiger partial charge in [-0.15, -0.1) is 0 Å². The van der Waals surface area contributed by atoms with Crippen molar-refractivity contribution in [2.75, 3.05) is 0 Å². The molecule has 4 nitrogen and oxygen atoms in total. The quantitative estimate of drug-likeness (QED) is 0.719. The summed E-state index contributed by atoms with van der Waals surface area (Å²) in [5.41, 5.74) is 13.6. The molecule has 0 amide bonds. The Balaban J connectivity index is 1.30. The minimum atomic E-state index is -1.97. The first-order valence-electron chi connectivity index (χ1n) is 8.05. The Labute approximate surface area is 125 Å². The molecule has 0 heterocycles. The van der Waals surface area contributed by atoms with Crippen LogP contribution < -0.4 is 11.5 Å². The van der Waals surface area contributed by atoms with Crippen molar-refractivity contribution in [1.29, 1.82) is 0 Å². The van der Waals surface area contributed by atoms with E-state index in [9.17, 15) is 0 Å². The van der Waals surface area contributed by atoms with E-state index in [-0.39, 0.29) is 0 Å². The lowest BCUT2D eigenvalue weighted by atomic mass is 10.3. The summed E-state index contributed by atoms with van der Waals surface area (Å²) in [6, 6.07) is 1.00. The van der Waals surface area contributed by atoms with E-state index in [0.717, 1.165) is 34.8 Å². The van der Waals surface area contributed by atoms with Gasteiger partial charge in [0, 0.05) is 12.1 Å². The molecule has 4 aliphatic rings. The smallest absolute Gasteiger partial charge is 0.311 e. The SMILES string of the molecule is C[SiH](O[Si](C)(C)O[Si](C)(C)C1C2C(N)C21)C1C2C(N)C21. The third kappa shape index (κ3) is 1.98. The largest absolute Gasteiger partial charge is 0.439 e. The average Bonchev–Trinajstić information content (AvgIpc) is 3.12. The summed E-state index contributed by atoms with van der Waals surface area (Å²) in [5.74, 6) is 3.23. The van der Waals surface area contributed by atoms with Gasteiger partial charge in [-0.25, -0.2) is 0 Å². The summed E-state index contributed by atoms with van der Waals surface area (Å²) >= 11 is 0. The van der Waals surface area contributed by atoms with Gasteiger partial charge in [0.15, 0.2) is 17.4 Å². The highest BCUT2D eigenvalue weighted by atomic mass is 28.5. The Morgan fingerprint density at radius 2 is 1.40 bits per heavy atom. The second-order valence-corrected chi connectivity index (χ2v) is 19.1. The van der Waals surface area contributed by atoms with Crippen LogP contribution >= 0.6 is 0 Å². The Kier molecular flexibility index (Phi) is 2.73. The normalized spacial score (nSPS) is 53.0. The number of rotatable bonds is 6. The van der Waals surface area contributed by atoms with Gasteiger partial charge in [0.1, 0.15) is 0 Å². The van der Waals surface area contributed by atoms with Crippen LogP contribution in [0, 0.1) is 23.7 Å². The van der Waals surface area contributed by atoms with Crippen molar-refractivity contribution in [1.82, 2.24) is 0 Å². The lowest BCUT2D eigenvalue weighted by Gasteiger charge is -2.37. The molecule has 0 aromatic carbocycles. The zero-order valence-electron chi connectivity index (χ0n) is 13.2. The first-order chi connectivity index (χ1) is 9.16. The van der Waals surface area contributed by atoms with E-state index in [4.69, 9.17) is 19.7 Å². The van der Waals surface area contributed by atoms with Gasteiger partial charge < -0.3 is 19.7 Å². The molecule has 4 rings (SSSR count). The van der Waals surface area contributed by atoms with Crippen molar-refractivity contribution >= 4 is 25.9 Å². The van der Waals surface area contributed by atoms with Gasteiger partial charge in [-0.2, -0.15) is 0 Å². The van der Waals surface area contributed by atoms with E-state index in [1.165, 1.54) is 0 Å². The fourth-order valence-electron chi connectivity index (χ4n) is 5.02. The fourth-order valence-corrected chi connectivity index (χ4v) is 20.2. The van der Waals surface area contributed by atoms with Gasteiger partial charge in [-0.1, -0.05) is 0 Å². The first-order valence-corrected chi connectivity index (χ1v) is 16.1. The van der Waals surface area contributed by atoms with Crippen LogP contribution in [0.4, 0.5) is 0 Å². The van der Waals surface area contributed by atoms with E-state index in [1.807, 2.05) is 0 Å². The fraction of sp³-hybridized carbons (Fsp3) is 1.00.